The van der Waals surface area contributed by atoms with Gasteiger partial charge in [0.25, 0.3) is 0 Å². The fourth-order valence-corrected chi connectivity index (χ4v) is 9.73. The number of nitrogens with zero attached hydrogens (tertiary/aromatic N) is 1. The summed E-state index contributed by atoms with van der Waals surface area (Å²) >= 11 is 0. The molecule has 0 heterocycles. The van der Waals surface area contributed by atoms with E-state index in [0.29, 0.717) is 0 Å². The molecule has 0 N–H and O–H groups in total. The van der Waals surface area contributed by atoms with Gasteiger partial charge in [0, 0.05) is 17.1 Å². The van der Waals surface area contributed by atoms with E-state index in [1.54, 1.807) is 0 Å². The van der Waals surface area contributed by atoms with Crippen molar-refractivity contribution in [2.24, 2.45) is 0 Å². The molecule has 10 aromatic rings. The van der Waals surface area contributed by atoms with Crippen LogP contribution in [0.15, 0.2) is 237 Å². The molecule has 0 aromatic heterocycles. The van der Waals surface area contributed by atoms with Crippen molar-refractivity contribution in [1.82, 2.24) is 0 Å². The molecular formula is C57H39N. The molecule has 0 saturated carbocycles. The molecule has 0 amide bonds. The van der Waals surface area contributed by atoms with Gasteiger partial charge in [0.05, 0.1) is 5.41 Å². The highest BCUT2D eigenvalue weighted by Gasteiger charge is 2.45. The average molecular weight is 738 g/mol. The van der Waals surface area contributed by atoms with E-state index in [1.807, 2.05) is 0 Å². The van der Waals surface area contributed by atoms with Crippen LogP contribution in [-0.2, 0) is 5.41 Å². The fourth-order valence-electron chi connectivity index (χ4n) is 9.73. The van der Waals surface area contributed by atoms with Crippen LogP contribution in [0.4, 0.5) is 17.1 Å². The predicted octanol–water partition coefficient (Wildman–Crippen LogP) is 15.2. The molecule has 1 aliphatic carbocycles. The predicted molar refractivity (Wildman–Crippen MR) is 244 cm³/mol. The second kappa shape index (κ2) is 13.9. The van der Waals surface area contributed by atoms with Gasteiger partial charge in [-0.15, -0.1) is 0 Å². The normalized spacial score (nSPS) is 12.6. The third-order valence-electron chi connectivity index (χ3n) is 12.1. The van der Waals surface area contributed by atoms with Crippen molar-refractivity contribution in [1.29, 1.82) is 0 Å². The molecular weight excluding hydrogens is 699 g/mol. The van der Waals surface area contributed by atoms with Crippen molar-refractivity contribution >= 4 is 38.6 Å². The Morgan fingerprint density at radius 1 is 0.259 bits per heavy atom. The standard InChI is InChI=1S/C57H39N/c1-4-18-40(19-5-1)55-49-26-10-12-28-51(49)56(52-29-13-11-27-50(52)55)41-32-36-45(37-33-41)58(44-22-8-3-9-23-44)46-38-34-43(35-39-46)57(42-20-6-2-7-21-42)53-30-16-14-24-47(53)48-25-15-17-31-54(48)57/h1-39H. The second-order valence-electron chi connectivity index (χ2n) is 15.2. The van der Waals surface area contributed by atoms with Gasteiger partial charge in [0.1, 0.15) is 0 Å². The number of rotatable bonds is 7. The summed E-state index contributed by atoms with van der Waals surface area (Å²) in [6.45, 7) is 0. The van der Waals surface area contributed by atoms with Gasteiger partial charge in [-0.3, -0.25) is 0 Å². The van der Waals surface area contributed by atoms with E-state index in [9.17, 15) is 0 Å². The van der Waals surface area contributed by atoms with Gasteiger partial charge in [-0.2, -0.15) is 0 Å². The zero-order valence-electron chi connectivity index (χ0n) is 32.0. The van der Waals surface area contributed by atoms with Crippen molar-refractivity contribution in [2.45, 2.75) is 5.41 Å². The lowest BCUT2D eigenvalue weighted by Crippen LogP contribution is -2.28. The van der Waals surface area contributed by atoms with Crippen LogP contribution >= 0.6 is 0 Å². The fraction of sp³-hybridized carbons (Fsp3) is 0.0175. The average Bonchev–Trinajstić information content (AvgIpc) is 3.61. The summed E-state index contributed by atoms with van der Waals surface area (Å²) in [5.41, 5.74) is 15.6. The van der Waals surface area contributed by atoms with E-state index in [0.717, 1.165) is 17.1 Å². The van der Waals surface area contributed by atoms with Crippen LogP contribution in [0.1, 0.15) is 22.3 Å². The summed E-state index contributed by atoms with van der Waals surface area (Å²) in [5, 5.41) is 5.04. The molecule has 0 saturated heterocycles. The van der Waals surface area contributed by atoms with Crippen molar-refractivity contribution in [2.75, 3.05) is 4.90 Å². The SMILES string of the molecule is c1ccc(-c2c3ccccc3c(-c3ccc(N(c4ccccc4)c4ccc(C5(c6ccccc6)c6ccccc6-c6ccccc65)cc4)cc3)c3ccccc23)cc1. The number of fused-ring (bicyclic) bond motifs is 5. The summed E-state index contributed by atoms with van der Waals surface area (Å²) in [5.74, 6) is 0. The van der Waals surface area contributed by atoms with E-state index in [1.165, 1.54) is 77.2 Å². The lowest BCUT2D eigenvalue weighted by atomic mass is 9.68. The molecule has 0 bridgehead atoms. The van der Waals surface area contributed by atoms with Gasteiger partial charge in [0.2, 0.25) is 0 Å². The Morgan fingerprint density at radius 3 is 1.10 bits per heavy atom. The Kier molecular flexibility index (Phi) is 8.12. The molecule has 11 rings (SSSR count). The number of hydrogen-bond donors (Lipinski definition) is 0. The summed E-state index contributed by atoms with van der Waals surface area (Å²) < 4.78 is 0. The first kappa shape index (κ1) is 33.8. The summed E-state index contributed by atoms with van der Waals surface area (Å²) in [6.07, 6.45) is 0. The van der Waals surface area contributed by atoms with Gasteiger partial charge in [-0.25, -0.2) is 0 Å². The van der Waals surface area contributed by atoms with E-state index < -0.39 is 5.41 Å². The van der Waals surface area contributed by atoms with Gasteiger partial charge >= 0.3 is 0 Å². The molecule has 58 heavy (non-hydrogen) atoms. The zero-order valence-corrected chi connectivity index (χ0v) is 32.0. The quantitative estimate of drug-likeness (QED) is 0.147. The molecule has 1 nitrogen and oxygen atoms in total. The molecule has 1 aliphatic rings. The van der Waals surface area contributed by atoms with E-state index in [-0.39, 0.29) is 0 Å². The molecule has 0 radical (unpaired) electrons. The molecule has 0 aliphatic heterocycles. The maximum Gasteiger partial charge on any atom is 0.0713 e. The second-order valence-corrected chi connectivity index (χ2v) is 15.2. The molecule has 10 aromatic carbocycles. The minimum Gasteiger partial charge on any atom is -0.311 e. The first-order valence-corrected chi connectivity index (χ1v) is 20.1. The molecule has 0 atom stereocenters. The summed E-state index contributed by atoms with van der Waals surface area (Å²) in [7, 11) is 0. The van der Waals surface area contributed by atoms with Gasteiger partial charge < -0.3 is 4.90 Å². The van der Waals surface area contributed by atoms with Gasteiger partial charge in [0.15, 0.2) is 0 Å². The van der Waals surface area contributed by atoms with Crippen LogP contribution in [-0.4, -0.2) is 0 Å². The van der Waals surface area contributed by atoms with Crippen LogP contribution in [0.5, 0.6) is 0 Å². The number of benzene rings is 10. The molecule has 0 fully saturated rings. The maximum atomic E-state index is 2.37. The first-order valence-electron chi connectivity index (χ1n) is 20.1. The lowest BCUT2D eigenvalue weighted by molar-refractivity contribution is 0.768. The third kappa shape index (κ3) is 5.25. The van der Waals surface area contributed by atoms with Crippen LogP contribution in [0, 0.1) is 0 Å². The Morgan fingerprint density at radius 2 is 0.603 bits per heavy atom. The van der Waals surface area contributed by atoms with Gasteiger partial charge in [-0.05, 0) is 114 Å². The highest BCUT2D eigenvalue weighted by atomic mass is 15.1. The Bertz CT molecular complexity index is 2970. The Balaban J connectivity index is 1.05. The minimum atomic E-state index is -0.437. The zero-order chi connectivity index (χ0) is 38.5. The molecule has 0 unspecified atom stereocenters. The third-order valence-corrected chi connectivity index (χ3v) is 12.1. The Hall–Kier alpha value is -7.48. The van der Waals surface area contributed by atoms with E-state index >= 15 is 0 Å². The Labute approximate surface area is 339 Å². The van der Waals surface area contributed by atoms with Crippen molar-refractivity contribution in [3.63, 3.8) is 0 Å². The molecule has 272 valence electrons. The maximum absolute atomic E-state index is 2.37. The minimum absolute atomic E-state index is 0.437. The van der Waals surface area contributed by atoms with Crippen molar-refractivity contribution in [3.05, 3.63) is 259 Å². The highest BCUT2D eigenvalue weighted by Crippen LogP contribution is 2.56. The van der Waals surface area contributed by atoms with Crippen LogP contribution in [0.25, 0.3) is 54.9 Å². The first-order chi connectivity index (χ1) is 28.8. The largest absolute Gasteiger partial charge is 0.311 e. The number of anilines is 3. The molecule has 0 spiro atoms. The number of hydrogen-bond acceptors (Lipinski definition) is 1. The van der Waals surface area contributed by atoms with Crippen molar-refractivity contribution < 1.29 is 0 Å². The van der Waals surface area contributed by atoms with Gasteiger partial charge in [-0.1, -0.05) is 200 Å². The summed E-state index contributed by atoms with van der Waals surface area (Å²) in [6, 6.07) is 86.6. The van der Waals surface area contributed by atoms with E-state index in [2.05, 4.69) is 241 Å². The van der Waals surface area contributed by atoms with Crippen molar-refractivity contribution in [3.8, 4) is 33.4 Å². The smallest absolute Gasteiger partial charge is 0.0713 e. The molecule has 1 heteroatoms. The number of para-hydroxylation sites is 1. The van der Waals surface area contributed by atoms with Crippen LogP contribution in [0.3, 0.4) is 0 Å². The van der Waals surface area contributed by atoms with Crippen LogP contribution in [0.2, 0.25) is 0 Å². The van der Waals surface area contributed by atoms with Crippen LogP contribution < -0.4 is 4.90 Å². The highest BCUT2D eigenvalue weighted by molar-refractivity contribution is 6.21. The summed E-state index contributed by atoms with van der Waals surface area (Å²) in [4.78, 5) is 2.37. The van der Waals surface area contributed by atoms with E-state index in [4.69, 9.17) is 0 Å². The monoisotopic (exact) mass is 737 g/mol. The topological polar surface area (TPSA) is 3.24 Å². The lowest BCUT2D eigenvalue weighted by Gasteiger charge is -2.34.